The molecule has 0 fully saturated rings. The minimum Gasteiger partial charge on any atom is -0.497 e. The second kappa shape index (κ2) is 5.44. The number of imidazole rings is 1. The average molecular weight is 285 g/mol. The van der Waals surface area contributed by atoms with Gasteiger partial charge in [-0.05, 0) is 36.2 Å². The van der Waals surface area contributed by atoms with E-state index in [4.69, 9.17) is 10.5 Å². The van der Waals surface area contributed by atoms with Crippen LogP contribution in [0.2, 0.25) is 0 Å². The third-order valence-corrected chi connectivity index (χ3v) is 3.52. The number of aryl methyl sites for hydroxylation is 2. The van der Waals surface area contributed by atoms with E-state index >= 15 is 0 Å². The van der Waals surface area contributed by atoms with Crippen molar-refractivity contribution in [2.75, 3.05) is 12.8 Å². The second-order valence-electron chi connectivity index (χ2n) is 4.85. The normalized spacial score (nSPS) is 11.0. The van der Waals surface area contributed by atoms with E-state index in [1.54, 1.807) is 19.2 Å². The number of fused-ring (bicyclic) bond motifs is 1. The molecule has 0 aliphatic carbocycles. The minimum absolute atomic E-state index is 0.224. The van der Waals surface area contributed by atoms with Crippen LogP contribution in [0, 0.1) is 5.82 Å². The van der Waals surface area contributed by atoms with E-state index in [-0.39, 0.29) is 5.82 Å². The molecule has 0 bridgehead atoms. The summed E-state index contributed by atoms with van der Waals surface area (Å²) in [5, 5.41) is 0. The van der Waals surface area contributed by atoms with Crippen LogP contribution in [-0.2, 0) is 13.0 Å². The summed E-state index contributed by atoms with van der Waals surface area (Å²) in [6.07, 6.45) is 0.766. The number of benzene rings is 2. The third-order valence-electron chi connectivity index (χ3n) is 3.52. The molecule has 0 spiro atoms. The molecular formula is C16H16FN3O. The highest BCUT2D eigenvalue weighted by Crippen LogP contribution is 2.23. The van der Waals surface area contributed by atoms with Crippen LogP contribution >= 0.6 is 0 Å². The predicted octanol–water partition coefficient (Wildman–Crippen LogP) is 3.01. The Morgan fingerprint density at radius 2 is 1.95 bits per heavy atom. The Hall–Kier alpha value is -2.56. The number of methoxy groups -OCH3 is 1. The van der Waals surface area contributed by atoms with Crippen molar-refractivity contribution < 1.29 is 9.13 Å². The van der Waals surface area contributed by atoms with E-state index in [1.807, 2.05) is 22.8 Å². The third kappa shape index (κ3) is 2.67. The van der Waals surface area contributed by atoms with Crippen LogP contribution in [0.3, 0.4) is 0 Å². The Morgan fingerprint density at radius 1 is 1.19 bits per heavy atom. The summed E-state index contributed by atoms with van der Waals surface area (Å²) in [6, 6.07) is 12.2. The molecular weight excluding hydrogens is 269 g/mol. The predicted molar refractivity (Wildman–Crippen MR) is 80.8 cm³/mol. The van der Waals surface area contributed by atoms with E-state index in [9.17, 15) is 4.39 Å². The topological polar surface area (TPSA) is 53.1 Å². The number of nitrogen functional groups attached to an aromatic ring is 1. The SMILES string of the molecule is COc1ccc2c(c1)nc(N)n2CCc1ccc(F)cc1. The van der Waals surface area contributed by atoms with E-state index in [0.717, 1.165) is 28.8 Å². The lowest BCUT2D eigenvalue weighted by Gasteiger charge is -2.07. The van der Waals surface area contributed by atoms with Crippen LogP contribution < -0.4 is 10.5 Å². The van der Waals surface area contributed by atoms with Crippen molar-refractivity contribution in [2.24, 2.45) is 0 Å². The van der Waals surface area contributed by atoms with E-state index in [1.165, 1.54) is 12.1 Å². The lowest BCUT2D eigenvalue weighted by Crippen LogP contribution is -2.05. The first-order chi connectivity index (χ1) is 10.2. The Kier molecular flexibility index (Phi) is 3.48. The number of nitrogens with two attached hydrogens (primary N) is 1. The summed E-state index contributed by atoms with van der Waals surface area (Å²) in [6.45, 7) is 0.695. The average Bonchev–Trinajstić information content (AvgIpc) is 2.81. The zero-order chi connectivity index (χ0) is 14.8. The maximum Gasteiger partial charge on any atom is 0.201 e. The number of ether oxygens (including phenoxy) is 1. The fourth-order valence-electron chi connectivity index (χ4n) is 2.38. The summed E-state index contributed by atoms with van der Waals surface area (Å²) in [7, 11) is 1.62. The van der Waals surface area contributed by atoms with E-state index in [2.05, 4.69) is 4.98 Å². The molecule has 0 amide bonds. The van der Waals surface area contributed by atoms with Crippen molar-refractivity contribution in [3.8, 4) is 5.75 Å². The summed E-state index contributed by atoms with van der Waals surface area (Å²) >= 11 is 0. The van der Waals surface area contributed by atoms with Gasteiger partial charge in [-0.2, -0.15) is 0 Å². The number of hydrogen-bond donors (Lipinski definition) is 1. The Balaban J connectivity index is 1.86. The maximum absolute atomic E-state index is 12.9. The maximum atomic E-state index is 12.9. The molecule has 21 heavy (non-hydrogen) atoms. The highest BCUT2D eigenvalue weighted by molar-refractivity contribution is 5.79. The van der Waals surface area contributed by atoms with Crippen molar-refractivity contribution in [1.82, 2.24) is 9.55 Å². The summed E-state index contributed by atoms with van der Waals surface area (Å²) in [5.74, 6) is 1.00. The molecule has 1 heterocycles. The molecule has 3 aromatic rings. The van der Waals surface area contributed by atoms with Gasteiger partial charge in [0.05, 0.1) is 18.1 Å². The van der Waals surface area contributed by atoms with Gasteiger partial charge in [-0.25, -0.2) is 9.37 Å². The molecule has 0 atom stereocenters. The smallest absolute Gasteiger partial charge is 0.201 e. The first kappa shape index (κ1) is 13.4. The molecule has 3 rings (SSSR count). The zero-order valence-corrected chi connectivity index (χ0v) is 11.7. The van der Waals surface area contributed by atoms with Gasteiger partial charge in [-0.3, -0.25) is 0 Å². The molecule has 1 aromatic heterocycles. The Labute approximate surface area is 122 Å². The lowest BCUT2D eigenvalue weighted by molar-refractivity contribution is 0.415. The first-order valence-corrected chi connectivity index (χ1v) is 6.71. The molecule has 4 nitrogen and oxygen atoms in total. The van der Waals surface area contributed by atoms with E-state index in [0.29, 0.717) is 12.5 Å². The number of hydrogen-bond acceptors (Lipinski definition) is 3. The van der Waals surface area contributed by atoms with Crippen molar-refractivity contribution in [3.05, 3.63) is 53.8 Å². The summed E-state index contributed by atoms with van der Waals surface area (Å²) in [5.41, 5.74) is 8.82. The lowest BCUT2D eigenvalue weighted by atomic mass is 10.1. The van der Waals surface area contributed by atoms with Crippen LogP contribution in [-0.4, -0.2) is 16.7 Å². The van der Waals surface area contributed by atoms with Crippen molar-refractivity contribution >= 4 is 17.0 Å². The van der Waals surface area contributed by atoms with Gasteiger partial charge in [0, 0.05) is 12.6 Å². The molecule has 108 valence electrons. The van der Waals surface area contributed by atoms with Crippen molar-refractivity contribution in [3.63, 3.8) is 0 Å². The zero-order valence-electron chi connectivity index (χ0n) is 11.7. The van der Waals surface area contributed by atoms with Crippen LogP contribution in [0.4, 0.5) is 10.3 Å². The van der Waals surface area contributed by atoms with Crippen LogP contribution in [0.1, 0.15) is 5.56 Å². The summed E-state index contributed by atoms with van der Waals surface area (Å²) < 4.78 is 20.0. The van der Waals surface area contributed by atoms with Crippen LogP contribution in [0.25, 0.3) is 11.0 Å². The number of nitrogens with zero attached hydrogens (tertiary/aromatic N) is 2. The van der Waals surface area contributed by atoms with Gasteiger partial charge in [0.25, 0.3) is 0 Å². The van der Waals surface area contributed by atoms with Gasteiger partial charge in [-0.1, -0.05) is 12.1 Å². The van der Waals surface area contributed by atoms with Crippen molar-refractivity contribution in [1.29, 1.82) is 0 Å². The van der Waals surface area contributed by atoms with Crippen molar-refractivity contribution in [2.45, 2.75) is 13.0 Å². The van der Waals surface area contributed by atoms with E-state index < -0.39 is 0 Å². The molecule has 0 radical (unpaired) electrons. The molecule has 0 saturated carbocycles. The molecule has 2 N–H and O–H groups in total. The summed E-state index contributed by atoms with van der Waals surface area (Å²) in [4.78, 5) is 4.35. The highest BCUT2D eigenvalue weighted by Gasteiger charge is 2.09. The fourth-order valence-corrected chi connectivity index (χ4v) is 2.38. The van der Waals surface area contributed by atoms with Crippen LogP contribution in [0.15, 0.2) is 42.5 Å². The van der Waals surface area contributed by atoms with Gasteiger partial charge in [0.1, 0.15) is 11.6 Å². The van der Waals surface area contributed by atoms with Gasteiger partial charge in [-0.15, -0.1) is 0 Å². The number of rotatable bonds is 4. The highest BCUT2D eigenvalue weighted by atomic mass is 19.1. The van der Waals surface area contributed by atoms with Gasteiger partial charge in [0.2, 0.25) is 5.95 Å². The Morgan fingerprint density at radius 3 is 2.67 bits per heavy atom. The molecule has 0 saturated heterocycles. The first-order valence-electron chi connectivity index (χ1n) is 6.71. The molecule has 0 aliphatic heterocycles. The molecule has 0 aliphatic rings. The second-order valence-corrected chi connectivity index (χ2v) is 4.85. The molecule has 0 unspecified atom stereocenters. The quantitative estimate of drug-likeness (QED) is 0.801. The minimum atomic E-state index is -0.224. The standard InChI is InChI=1S/C16H16FN3O/c1-21-13-6-7-15-14(10-13)19-16(18)20(15)9-8-11-2-4-12(17)5-3-11/h2-7,10H,8-9H2,1H3,(H2,18,19). The number of anilines is 1. The van der Waals surface area contributed by atoms with Crippen LogP contribution in [0.5, 0.6) is 5.75 Å². The molecule has 2 aromatic carbocycles. The number of halogens is 1. The van der Waals surface area contributed by atoms with Gasteiger partial charge < -0.3 is 15.0 Å². The number of aromatic nitrogens is 2. The monoisotopic (exact) mass is 285 g/mol. The largest absolute Gasteiger partial charge is 0.497 e. The molecule has 5 heteroatoms. The fraction of sp³-hybridized carbons (Fsp3) is 0.188. The Bertz CT molecular complexity index is 765. The van der Waals surface area contributed by atoms with Gasteiger partial charge in [0.15, 0.2) is 0 Å². The van der Waals surface area contributed by atoms with Gasteiger partial charge >= 0.3 is 0 Å².